The molecular formula is C49H35N3. The largest absolute Gasteiger partial charge is 0.247 e. The second-order valence-electron chi connectivity index (χ2n) is 13.4. The van der Waals surface area contributed by atoms with Crippen molar-refractivity contribution in [2.75, 3.05) is 0 Å². The highest BCUT2D eigenvalue weighted by Gasteiger charge is 2.16. The Bertz CT molecular complexity index is 2650. The van der Waals surface area contributed by atoms with E-state index in [1.165, 1.54) is 27.6 Å². The van der Waals surface area contributed by atoms with E-state index in [0.717, 1.165) is 66.8 Å². The van der Waals surface area contributed by atoms with Crippen molar-refractivity contribution < 1.29 is 0 Å². The van der Waals surface area contributed by atoms with Gasteiger partial charge < -0.3 is 0 Å². The second-order valence-corrected chi connectivity index (χ2v) is 13.4. The van der Waals surface area contributed by atoms with Crippen LogP contribution in [0.25, 0.3) is 89.1 Å². The molecule has 0 spiro atoms. The molecule has 52 heavy (non-hydrogen) atoms. The Hall–Kier alpha value is -6.71. The lowest BCUT2D eigenvalue weighted by atomic mass is 9.92. The number of rotatable bonds is 6. The van der Waals surface area contributed by atoms with Crippen molar-refractivity contribution in [1.82, 2.24) is 15.0 Å². The van der Waals surface area contributed by atoms with Crippen molar-refractivity contribution in [3.8, 4) is 67.4 Å². The molecule has 3 heteroatoms. The molecule has 0 fully saturated rings. The van der Waals surface area contributed by atoms with Crippen LogP contribution in [0.2, 0.25) is 0 Å². The maximum atomic E-state index is 5.36. The predicted molar refractivity (Wildman–Crippen MR) is 217 cm³/mol. The van der Waals surface area contributed by atoms with Crippen molar-refractivity contribution in [3.05, 3.63) is 187 Å². The van der Waals surface area contributed by atoms with Crippen LogP contribution in [0.1, 0.15) is 11.1 Å². The summed E-state index contributed by atoms with van der Waals surface area (Å²) in [6, 6.07) is 62.1. The summed E-state index contributed by atoms with van der Waals surface area (Å²) in [6.45, 7) is 4.20. The lowest BCUT2D eigenvalue weighted by molar-refractivity contribution is 1.18. The molecule has 0 atom stereocenters. The van der Waals surface area contributed by atoms with Gasteiger partial charge in [0.25, 0.3) is 0 Å². The van der Waals surface area contributed by atoms with E-state index in [4.69, 9.17) is 15.0 Å². The summed E-state index contributed by atoms with van der Waals surface area (Å²) < 4.78 is 0. The molecule has 0 bridgehead atoms. The molecule has 9 aromatic rings. The van der Waals surface area contributed by atoms with Gasteiger partial charge in [-0.25, -0.2) is 15.0 Å². The summed E-state index contributed by atoms with van der Waals surface area (Å²) in [5.41, 5.74) is 14.9. The van der Waals surface area contributed by atoms with Crippen LogP contribution in [-0.2, 0) is 0 Å². The van der Waals surface area contributed by atoms with Gasteiger partial charge in [0.1, 0.15) is 0 Å². The van der Waals surface area contributed by atoms with Crippen molar-refractivity contribution in [2.24, 2.45) is 0 Å². The Labute approximate surface area is 304 Å². The van der Waals surface area contributed by atoms with Gasteiger partial charge in [0.05, 0.1) is 22.6 Å². The summed E-state index contributed by atoms with van der Waals surface area (Å²) in [7, 11) is 0. The van der Waals surface area contributed by atoms with Gasteiger partial charge in [-0.05, 0) is 54.3 Å². The lowest BCUT2D eigenvalue weighted by Gasteiger charge is -2.15. The topological polar surface area (TPSA) is 38.7 Å². The molecule has 0 amide bonds. The molecule has 7 aromatic carbocycles. The highest BCUT2D eigenvalue weighted by Crippen LogP contribution is 2.40. The molecule has 2 aromatic heterocycles. The Kier molecular flexibility index (Phi) is 7.94. The molecule has 0 aliphatic carbocycles. The van der Waals surface area contributed by atoms with Gasteiger partial charge in [-0.3, -0.25) is 0 Å². The fourth-order valence-electron chi connectivity index (χ4n) is 7.07. The van der Waals surface area contributed by atoms with E-state index in [0.29, 0.717) is 5.82 Å². The SMILES string of the molecule is Cc1ccc(-c2cc(-c3cccc(-c4ccc5c(c4)nc(-c4ccccc4)c4cccc(-c6ccccc6)c45)c3)nc(-c3ccc(C)cc3)n2)cc1. The van der Waals surface area contributed by atoms with Gasteiger partial charge in [-0.1, -0.05) is 169 Å². The van der Waals surface area contributed by atoms with Crippen LogP contribution < -0.4 is 0 Å². The third kappa shape index (κ3) is 5.93. The molecule has 2 heterocycles. The molecule has 3 nitrogen and oxygen atoms in total. The number of hydrogen-bond donors (Lipinski definition) is 0. The monoisotopic (exact) mass is 665 g/mol. The minimum Gasteiger partial charge on any atom is -0.247 e. The standard InChI is InChI=1S/C49H35N3/c1-32-19-23-35(24-20-32)44-31-45(52-49(51-44)37-25-21-33(2)22-26-37)40-16-9-15-38(29-40)39-27-28-42-46(30-39)50-48(36-13-7-4-8-14-36)43-18-10-17-41(47(42)43)34-11-5-3-6-12-34/h3-31H,1-2H3. The minimum absolute atomic E-state index is 0.711. The number of fused-ring (bicyclic) bond motifs is 3. The van der Waals surface area contributed by atoms with Crippen molar-refractivity contribution >= 4 is 21.7 Å². The molecule has 0 unspecified atom stereocenters. The van der Waals surface area contributed by atoms with Gasteiger partial charge in [-0.15, -0.1) is 0 Å². The summed E-state index contributed by atoms with van der Waals surface area (Å²) >= 11 is 0. The summed E-state index contributed by atoms with van der Waals surface area (Å²) in [5, 5.41) is 3.49. The molecule has 0 saturated heterocycles. The van der Waals surface area contributed by atoms with E-state index in [1.807, 2.05) is 0 Å². The van der Waals surface area contributed by atoms with E-state index in [1.54, 1.807) is 0 Å². The third-order valence-electron chi connectivity index (χ3n) is 9.83. The third-order valence-corrected chi connectivity index (χ3v) is 9.83. The normalized spacial score (nSPS) is 11.3. The van der Waals surface area contributed by atoms with Crippen LogP contribution in [0.15, 0.2) is 176 Å². The second kappa shape index (κ2) is 13.2. The first-order valence-electron chi connectivity index (χ1n) is 17.7. The summed E-state index contributed by atoms with van der Waals surface area (Å²) in [5.74, 6) is 0.711. The maximum absolute atomic E-state index is 5.36. The Balaban J connectivity index is 1.20. The highest BCUT2D eigenvalue weighted by molar-refractivity contribution is 6.17. The molecular weight excluding hydrogens is 631 g/mol. The smallest absolute Gasteiger partial charge is 0.160 e. The molecule has 246 valence electrons. The quantitative estimate of drug-likeness (QED) is 0.166. The number of aryl methyl sites for hydroxylation is 2. The molecule has 0 aliphatic rings. The van der Waals surface area contributed by atoms with Crippen LogP contribution in [0, 0.1) is 13.8 Å². The molecule has 0 aliphatic heterocycles. The van der Waals surface area contributed by atoms with Crippen molar-refractivity contribution in [3.63, 3.8) is 0 Å². The number of aromatic nitrogens is 3. The maximum Gasteiger partial charge on any atom is 0.160 e. The van der Waals surface area contributed by atoms with Gasteiger partial charge in [0, 0.05) is 38.4 Å². The van der Waals surface area contributed by atoms with Crippen LogP contribution in [0.4, 0.5) is 0 Å². The molecule has 0 saturated carbocycles. The fourth-order valence-corrected chi connectivity index (χ4v) is 7.07. The Morgan fingerprint density at radius 3 is 1.62 bits per heavy atom. The van der Waals surface area contributed by atoms with Crippen molar-refractivity contribution in [2.45, 2.75) is 13.8 Å². The zero-order valence-corrected chi connectivity index (χ0v) is 29.1. The first-order chi connectivity index (χ1) is 25.6. The van der Waals surface area contributed by atoms with Gasteiger partial charge >= 0.3 is 0 Å². The van der Waals surface area contributed by atoms with Crippen LogP contribution in [-0.4, -0.2) is 15.0 Å². The zero-order chi connectivity index (χ0) is 35.0. The van der Waals surface area contributed by atoms with Gasteiger partial charge in [-0.2, -0.15) is 0 Å². The average molecular weight is 666 g/mol. The summed E-state index contributed by atoms with van der Waals surface area (Å²) in [6.07, 6.45) is 0. The minimum atomic E-state index is 0.711. The van der Waals surface area contributed by atoms with Crippen LogP contribution >= 0.6 is 0 Å². The Morgan fingerprint density at radius 2 is 0.904 bits per heavy atom. The van der Waals surface area contributed by atoms with E-state index < -0.39 is 0 Å². The molecule has 9 rings (SSSR count). The van der Waals surface area contributed by atoms with E-state index >= 15 is 0 Å². The van der Waals surface area contributed by atoms with E-state index in [2.05, 4.69) is 190 Å². The summed E-state index contributed by atoms with van der Waals surface area (Å²) in [4.78, 5) is 15.5. The molecule has 0 radical (unpaired) electrons. The van der Waals surface area contributed by atoms with Crippen molar-refractivity contribution in [1.29, 1.82) is 0 Å². The molecule has 0 N–H and O–H groups in total. The van der Waals surface area contributed by atoms with Gasteiger partial charge in [0.15, 0.2) is 5.82 Å². The number of hydrogen-bond acceptors (Lipinski definition) is 3. The van der Waals surface area contributed by atoms with Crippen LogP contribution in [0.3, 0.4) is 0 Å². The number of benzene rings is 7. The van der Waals surface area contributed by atoms with Crippen LogP contribution in [0.5, 0.6) is 0 Å². The Morgan fingerprint density at radius 1 is 0.346 bits per heavy atom. The first-order valence-corrected chi connectivity index (χ1v) is 17.7. The lowest BCUT2D eigenvalue weighted by Crippen LogP contribution is -1.96. The van der Waals surface area contributed by atoms with E-state index in [9.17, 15) is 0 Å². The highest BCUT2D eigenvalue weighted by atomic mass is 14.9. The zero-order valence-electron chi connectivity index (χ0n) is 29.1. The number of nitrogens with zero attached hydrogens (tertiary/aromatic N) is 3. The van der Waals surface area contributed by atoms with E-state index in [-0.39, 0.29) is 0 Å². The number of pyridine rings is 1. The predicted octanol–water partition coefficient (Wildman–Crippen LogP) is 12.8. The fraction of sp³-hybridized carbons (Fsp3) is 0.0408. The van der Waals surface area contributed by atoms with Gasteiger partial charge in [0.2, 0.25) is 0 Å². The first kappa shape index (κ1) is 31.3. The average Bonchev–Trinajstić information content (AvgIpc) is 3.21.